The van der Waals surface area contributed by atoms with Gasteiger partial charge >= 0.3 is 0 Å². The van der Waals surface area contributed by atoms with E-state index in [1.165, 1.54) is 25.7 Å². The molecule has 5 nitrogen and oxygen atoms in total. The molecule has 1 fully saturated rings. The van der Waals surface area contributed by atoms with E-state index in [1.807, 2.05) is 12.3 Å². The van der Waals surface area contributed by atoms with E-state index in [-0.39, 0.29) is 0 Å². The van der Waals surface area contributed by atoms with E-state index in [0.717, 1.165) is 57.5 Å². The topological polar surface area (TPSA) is 44.3 Å². The molecule has 0 aromatic carbocycles. The van der Waals surface area contributed by atoms with Crippen LogP contribution in [0.25, 0.3) is 0 Å². The average molecular weight is 315 g/mol. The Morgan fingerprint density at radius 1 is 1.17 bits per heavy atom. The van der Waals surface area contributed by atoms with E-state index in [0.29, 0.717) is 0 Å². The molecular weight excluding hydrogens is 286 g/mol. The Balaban J connectivity index is 1.50. The average Bonchev–Trinajstić information content (AvgIpc) is 2.63. The van der Waals surface area contributed by atoms with Crippen molar-refractivity contribution >= 4 is 11.8 Å². The summed E-state index contributed by atoms with van der Waals surface area (Å²) >= 11 is 0. The second kappa shape index (κ2) is 8.29. The molecule has 0 radical (unpaired) electrons. The molecule has 1 saturated heterocycles. The van der Waals surface area contributed by atoms with Crippen molar-refractivity contribution in [3.63, 3.8) is 0 Å². The molecule has 23 heavy (non-hydrogen) atoms. The highest BCUT2D eigenvalue weighted by atomic mass is 15.3. The number of nitrogens with one attached hydrogen (secondary N) is 1. The van der Waals surface area contributed by atoms with Crippen molar-refractivity contribution in [3.8, 4) is 0 Å². The molecule has 0 saturated carbocycles. The van der Waals surface area contributed by atoms with Gasteiger partial charge in [-0.25, -0.2) is 4.98 Å². The Kier molecular flexibility index (Phi) is 5.86. The third-order valence-electron chi connectivity index (χ3n) is 4.90. The van der Waals surface area contributed by atoms with Gasteiger partial charge in [0, 0.05) is 38.9 Å². The molecule has 0 atom stereocenters. The molecule has 2 heterocycles. The second-order valence-corrected chi connectivity index (χ2v) is 6.44. The molecule has 0 spiro atoms. The van der Waals surface area contributed by atoms with Crippen LogP contribution in [0.2, 0.25) is 0 Å². The Hall–Kier alpha value is -1.62. The summed E-state index contributed by atoms with van der Waals surface area (Å²) in [6, 6.07) is 2.02. The highest BCUT2D eigenvalue weighted by molar-refractivity contribution is 5.43. The van der Waals surface area contributed by atoms with Gasteiger partial charge in [-0.15, -0.1) is 0 Å². The van der Waals surface area contributed by atoms with Crippen LogP contribution in [0.4, 0.5) is 11.8 Å². The molecule has 1 aromatic rings. The fraction of sp³-hybridized carbons (Fsp3) is 0.667. The zero-order valence-corrected chi connectivity index (χ0v) is 14.3. The summed E-state index contributed by atoms with van der Waals surface area (Å²) in [7, 11) is 0. The normalized spacial score (nSPS) is 19.5. The van der Waals surface area contributed by atoms with E-state index < -0.39 is 0 Å². The maximum Gasteiger partial charge on any atom is 0.224 e. The van der Waals surface area contributed by atoms with Gasteiger partial charge in [0.2, 0.25) is 5.95 Å². The zero-order chi connectivity index (χ0) is 15.9. The van der Waals surface area contributed by atoms with Crippen LogP contribution in [0.5, 0.6) is 0 Å². The van der Waals surface area contributed by atoms with Crippen molar-refractivity contribution in [2.24, 2.45) is 0 Å². The summed E-state index contributed by atoms with van der Waals surface area (Å²) in [4.78, 5) is 13.9. The van der Waals surface area contributed by atoms with Crippen LogP contribution in [0.3, 0.4) is 0 Å². The Bertz CT molecular complexity index is 520. The lowest BCUT2D eigenvalue weighted by molar-refractivity contribution is 0.270. The van der Waals surface area contributed by atoms with Crippen LogP contribution in [-0.2, 0) is 0 Å². The predicted molar refractivity (Wildman–Crippen MR) is 96.0 cm³/mol. The van der Waals surface area contributed by atoms with Crippen LogP contribution in [0, 0.1) is 0 Å². The number of hydrogen-bond donors (Lipinski definition) is 1. The van der Waals surface area contributed by atoms with E-state index in [2.05, 4.69) is 33.1 Å². The number of anilines is 2. The molecule has 126 valence electrons. The highest BCUT2D eigenvalue weighted by Gasteiger charge is 2.17. The zero-order valence-electron chi connectivity index (χ0n) is 14.3. The maximum absolute atomic E-state index is 4.70. The first-order valence-corrected chi connectivity index (χ1v) is 9.07. The van der Waals surface area contributed by atoms with Gasteiger partial charge in [0.1, 0.15) is 5.82 Å². The van der Waals surface area contributed by atoms with Gasteiger partial charge in [0.25, 0.3) is 0 Å². The molecule has 0 bridgehead atoms. The summed E-state index contributed by atoms with van der Waals surface area (Å²) in [5, 5.41) is 3.39. The monoisotopic (exact) mass is 315 g/mol. The first kappa shape index (κ1) is 16.2. The van der Waals surface area contributed by atoms with Gasteiger partial charge in [-0.1, -0.05) is 18.6 Å². The lowest BCUT2D eigenvalue weighted by atomic mass is 9.97. The van der Waals surface area contributed by atoms with E-state index in [9.17, 15) is 0 Å². The number of likely N-dealkylation sites (N-methyl/N-ethyl adjacent to an activating group) is 1. The minimum Gasteiger partial charge on any atom is -0.354 e. The number of allylic oxidation sites excluding steroid dienone is 1. The molecule has 1 aliphatic heterocycles. The van der Waals surface area contributed by atoms with Crippen LogP contribution in [0.1, 0.15) is 39.0 Å². The Morgan fingerprint density at radius 2 is 2.04 bits per heavy atom. The number of nitrogens with zero attached hydrogens (tertiary/aromatic N) is 4. The smallest absolute Gasteiger partial charge is 0.224 e. The largest absolute Gasteiger partial charge is 0.354 e. The number of piperazine rings is 1. The summed E-state index contributed by atoms with van der Waals surface area (Å²) in [6.45, 7) is 8.65. The second-order valence-electron chi connectivity index (χ2n) is 6.44. The maximum atomic E-state index is 4.70. The molecule has 2 aliphatic rings. The lowest BCUT2D eigenvalue weighted by Gasteiger charge is -2.34. The molecule has 3 rings (SSSR count). The lowest BCUT2D eigenvalue weighted by Crippen LogP contribution is -2.46. The van der Waals surface area contributed by atoms with E-state index in [1.54, 1.807) is 5.57 Å². The molecule has 0 amide bonds. The Morgan fingerprint density at radius 3 is 2.78 bits per heavy atom. The minimum absolute atomic E-state index is 0.761. The first-order valence-electron chi connectivity index (χ1n) is 9.07. The number of hydrogen-bond acceptors (Lipinski definition) is 5. The minimum atomic E-state index is 0.761. The fourth-order valence-corrected chi connectivity index (χ4v) is 3.37. The van der Waals surface area contributed by atoms with Crippen molar-refractivity contribution in [2.45, 2.75) is 39.0 Å². The molecule has 5 heteroatoms. The van der Waals surface area contributed by atoms with Gasteiger partial charge in [-0.05, 0) is 44.7 Å². The van der Waals surface area contributed by atoms with Gasteiger partial charge < -0.3 is 15.1 Å². The van der Waals surface area contributed by atoms with Gasteiger partial charge in [-0.3, -0.25) is 0 Å². The quantitative estimate of drug-likeness (QED) is 0.818. The molecule has 1 aromatic heterocycles. The number of rotatable bonds is 6. The van der Waals surface area contributed by atoms with Crippen LogP contribution < -0.4 is 10.2 Å². The van der Waals surface area contributed by atoms with Crippen molar-refractivity contribution in [1.82, 2.24) is 14.9 Å². The van der Waals surface area contributed by atoms with E-state index >= 15 is 0 Å². The third kappa shape index (κ3) is 4.67. The number of aromatic nitrogens is 2. The summed E-state index contributed by atoms with van der Waals surface area (Å²) in [5.74, 6) is 1.81. The fourth-order valence-electron chi connectivity index (χ4n) is 3.37. The molecule has 0 unspecified atom stereocenters. The van der Waals surface area contributed by atoms with Crippen LogP contribution in [0.15, 0.2) is 23.9 Å². The van der Waals surface area contributed by atoms with Gasteiger partial charge in [-0.2, -0.15) is 4.98 Å². The Labute approximate surface area is 139 Å². The molecule has 1 N–H and O–H groups in total. The molecule has 1 aliphatic carbocycles. The first-order chi connectivity index (χ1) is 11.3. The SMILES string of the molecule is CCN1CCN(c2ccnc(NCCC3=CCCCC3)n2)CC1. The molecular formula is C18H29N5. The predicted octanol–water partition coefficient (Wildman–Crippen LogP) is 2.92. The van der Waals surface area contributed by atoms with Crippen molar-refractivity contribution in [2.75, 3.05) is 49.5 Å². The van der Waals surface area contributed by atoms with Crippen molar-refractivity contribution < 1.29 is 0 Å². The summed E-state index contributed by atoms with van der Waals surface area (Å²) in [6.07, 6.45) is 10.6. The van der Waals surface area contributed by atoms with Gasteiger partial charge in [0.05, 0.1) is 0 Å². The van der Waals surface area contributed by atoms with Crippen LogP contribution in [-0.4, -0.2) is 54.1 Å². The third-order valence-corrected chi connectivity index (χ3v) is 4.90. The van der Waals surface area contributed by atoms with Crippen molar-refractivity contribution in [3.05, 3.63) is 23.9 Å². The van der Waals surface area contributed by atoms with Gasteiger partial charge in [0.15, 0.2) is 0 Å². The standard InChI is InChI=1S/C18H29N5/c1-2-22-12-14-23(15-13-22)17-9-11-20-18(21-17)19-10-8-16-6-4-3-5-7-16/h6,9,11H,2-5,7-8,10,12-15H2,1H3,(H,19,20,21). The van der Waals surface area contributed by atoms with Crippen LogP contribution >= 0.6 is 0 Å². The highest BCUT2D eigenvalue weighted by Crippen LogP contribution is 2.20. The van der Waals surface area contributed by atoms with Crippen molar-refractivity contribution in [1.29, 1.82) is 0 Å². The summed E-state index contributed by atoms with van der Waals surface area (Å²) in [5.41, 5.74) is 1.59. The summed E-state index contributed by atoms with van der Waals surface area (Å²) < 4.78 is 0. The van der Waals surface area contributed by atoms with E-state index in [4.69, 9.17) is 4.98 Å².